The van der Waals surface area contributed by atoms with E-state index < -0.39 is 5.97 Å². The average molecular weight is 369 g/mol. The average Bonchev–Trinajstić information content (AvgIpc) is 2.70. The smallest absolute Gasteiger partial charge is 0.333 e. The second-order valence-corrected chi connectivity index (χ2v) is 5.59. The van der Waals surface area contributed by atoms with Gasteiger partial charge in [0.1, 0.15) is 0 Å². The van der Waals surface area contributed by atoms with Crippen molar-refractivity contribution in [2.45, 2.75) is 25.7 Å². The van der Waals surface area contributed by atoms with E-state index in [4.69, 9.17) is 4.84 Å². The fourth-order valence-electron chi connectivity index (χ4n) is 1.79. The molecule has 1 fully saturated rings. The zero-order chi connectivity index (χ0) is 13.8. The summed E-state index contributed by atoms with van der Waals surface area (Å²) >= 11 is 2.23. The minimum atomic E-state index is -0.407. The molecular formula is C14H14INO3. The standard InChI is InChI=1S/C14H14INO3/c1-10-2-8-13(17)16(10)19-14(18)9-5-11-3-6-12(15)7-4-11/h3-4,6-7H,1-2,5,8-9H2/i15-2. The van der Waals surface area contributed by atoms with Gasteiger partial charge in [0.15, 0.2) is 0 Å². The van der Waals surface area contributed by atoms with Gasteiger partial charge in [0.2, 0.25) is 0 Å². The normalized spacial score (nSPS) is 14.9. The first kappa shape index (κ1) is 14.0. The predicted molar refractivity (Wildman–Crippen MR) is 78.8 cm³/mol. The van der Waals surface area contributed by atoms with E-state index in [9.17, 15) is 9.59 Å². The van der Waals surface area contributed by atoms with Crippen molar-refractivity contribution in [2.24, 2.45) is 0 Å². The maximum Gasteiger partial charge on any atom is 0.333 e. The van der Waals surface area contributed by atoms with Crippen LogP contribution in [0.1, 0.15) is 24.8 Å². The topological polar surface area (TPSA) is 46.6 Å². The van der Waals surface area contributed by atoms with Crippen molar-refractivity contribution in [1.82, 2.24) is 5.06 Å². The highest BCUT2D eigenvalue weighted by molar-refractivity contribution is 14.1. The first-order chi connectivity index (χ1) is 9.06. The molecule has 1 aromatic rings. The number of aryl methyl sites for hydroxylation is 1. The van der Waals surface area contributed by atoms with Crippen LogP contribution >= 0.6 is 22.6 Å². The molecule has 1 aliphatic rings. The summed E-state index contributed by atoms with van der Waals surface area (Å²) in [6.45, 7) is 3.69. The van der Waals surface area contributed by atoms with Crippen molar-refractivity contribution in [1.29, 1.82) is 0 Å². The van der Waals surface area contributed by atoms with E-state index in [1.165, 1.54) is 0 Å². The molecule has 0 saturated carbocycles. The molecule has 5 heteroatoms. The highest BCUT2D eigenvalue weighted by atomic mass is 125. The number of hydrogen-bond acceptors (Lipinski definition) is 3. The quantitative estimate of drug-likeness (QED) is 0.767. The van der Waals surface area contributed by atoms with E-state index in [2.05, 4.69) is 29.2 Å². The minimum absolute atomic E-state index is 0.201. The van der Waals surface area contributed by atoms with Crippen molar-refractivity contribution < 1.29 is 14.4 Å². The van der Waals surface area contributed by atoms with Crippen molar-refractivity contribution in [2.75, 3.05) is 0 Å². The lowest BCUT2D eigenvalue weighted by Gasteiger charge is -2.15. The lowest BCUT2D eigenvalue weighted by atomic mass is 10.1. The third-order valence-corrected chi connectivity index (χ3v) is 3.58. The molecular weight excluding hydrogens is 355 g/mol. The van der Waals surface area contributed by atoms with Crippen LogP contribution in [0.15, 0.2) is 36.5 Å². The number of carbonyl (C=O) groups is 2. The molecule has 1 aliphatic heterocycles. The molecule has 0 aliphatic carbocycles. The van der Waals surface area contributed by atoms with E-state index in [1.54, 1.807) is 0 Å². The van der Waals surface area contributed by atoms with Crippen LogP contribution < -0.4 is 0 Å². The van der Waals surface area contributed by atoms with E-state index in [0.717, 1.165) is 14.2 Å². The first-order valence-corrected chi connectivity index (χ1v) is 7.10. The summed E-state index contributed by atoms with van der Waals surface area (Å²) in [5, 5.41) is 1.02. The lowest BCUT2D eigenvalue weighted by Crippen LogP contribution is -2.27. The zero-order valence-electron chi connectivity index (χ0n) is 10.4. The van der Waals surface area contributed by atoms with E-state index in [-0.39, 0.29) is 12.3 Å². The second kappa shape index (κ2) is 6.18. The van der Waals surface area contributed by atoms with Gasteiger partial charge in [-0.05, 0) is 53.1 Å². The Morgan fingerprint density at radius 1 is 1.32 bits per heavy atom. The number of amides is 1. The molecule has 19 heavy (non-hydrogen) atoms. The number of benzene rings is 1. The molecule has 4 nitrogen and oxygen atoms in total. The molecule has 100 valence electrons. The summed E-state index contributed by atoms with van der Waals surface area (Å²) in [6.07, 6.45) is 1.77. The summed E-state index contributed by atoms with van der Waals surface area (Å²) in [6, 6.07) is 7.95. The van der Waals surface area contributed by atoms with Crippen LogP contribution in [-0.4, -0.2) is 16.9 Å². The second-order valence-electron chi connectivity index (χ2n) is 4.34. The van der Waals surface area contributed by atoms with Gasteiger partial charge in [0, 0.05) is 9.99 Å². The third-order valence-electron chi connectivity index (χ3n) is 2.87. The van der Waals surface area contributed by atoms with Gasteiger partial charge in [-0.15, -0.1) is 5.06 Å². The number of rotatable bonds is 4. The molecule has 0 bridgehead atoms. The van der Waals surface area contributed by atoms with Gasteiger partial charge < -0.3 is 4.84 Å². The monoisotopic (exact) mass is 369 g/mol. The lowest BCUT2D eigenvalue weighted by molar-refractivity contribution is -0.186. The van der Waals surface area contributed by atoms with Crippen LogP contribution in [0, 0.1) is 3.57 Å². The van der Waals surface area contributed by atoms with Gasteiger partial charge in [0.05, 0.1) is 12.1 Å². The summed E-state index contributed by atoms with van der Waals surface area (Å²) in [5.41, 5.74) is 1.62. The van der Waals surface area contributed by atoms with Gasteiger partial charge in [-0.1, -0.05) is 18.7 Å². The first-order valence-electron chi connectivity index (χ1n) is 6.02. The largest absolute Gasteiger partial charge is 0.334 e. The van der Waals surface area contributed by atoms with Crippen LogP contribution in [0.25, 0.3) is 0 Å². The molecule has 0 unspecified atom stereocenters. The number of carbonyl (C=O) groups excluding carboxylic acids is 2. The molecule has 0 radical (unpaired) electrons. The number of hydroxylamine groups is 2. The van der Waals surface area contributed by atoms with Crippen LogP contribution in [-0.2, 0) is 20.8 Å². The molecule has 0 N–H and O–H groups in total. The Morgan fingerprint density at radius 3 is 2.58 bits per heavy atom. The van der Waals surface area contributed by atoms with Gasteiger partial charge in [-0.3, -0.25) is 4.79 Å². The summed E-state index contributed by atoms with van der Waals surface area (Å²) in [5.74, 6) is -0.609. The Kier molecular flexibility index (Phi) is 4.57. The fourth-order valence-corrected chi connectivity index (χ4v) is 2.15. The van der Waals surface area contributed by atoms with Crippen molar-refractivity contribution in [3.63, 3.8) is 0 Å². The fraction of sp³-hybridized carbons (Fsp3) is 0.286. The Hall–Kier alpha value is -1.37. The number of allylic oxidation sites excluding steroid dienone is 1. The maximum atomic E-state index is 11.7. The van der Waals surface area contributed by atoms with Gasteiger partial charge in [-0.25, -0.2) is 4.79 Å². The Bertz CT molecular complexity index is 494. The third kappa shape index (κ3) is 3.79. The van der Waals surface area contributed by atoms with Crippen LogP contribution in [0.4, 0.5) is 0 Å². The van der Waals surface area contributed by atoms with Crippen molar-refractivity contribution in [3.8, 4) is 0 Å². The SMILES string of the molecule is C=C1CCC(=O)N1OC(=O)CCc1ccc([125I])cc1. The number of halogens is 1. The summed E-state index contributed by atoms with van der Waals surface area (Å²) in [7, 11) is 0. The zero-order valence-corrected chi connectivity index (χ0v) is 12.6. The van der Waals surface area contributed by atoms with Crippen molar-refractivity contribution in [3.05, 3.63) is 45.7 Å². The maximum absolute atomic E-state index is 11.7. The van der Waals surface area contributed by atoms with E-state index >= 15 is 0 Å². The molecule has 0 aromatic heterocycles. The molecule has 1 heterocycles. The highest BCUT2D eigenvalue weighted by Gasteiger charge is 2.27. The Morgan fingerprint density at radius 2 is 2.00 bits per heavy atom. The molecule has 2 rings (SSSR count). The number of nitrogens with zero attached hydrogens (tertiary/aromatic N) is 1. The molecule has 0 atom stereocenters. The van der Waals surface area contributed by atoms with Crippen LogP contribution in [0.5, 0.6) is 0 Å². The van der Waals surface area contributed by atoms with Gasteiger partial charge in [-0.2, -0.15) is 0 Å². The molecule has 1 aromatic carbocycles. The van der Waals surface area contributed by atoms with Crippen molar-refractivity contribution >= 4 is 34.5 Å². The molecule has 1 saturated heterocycles. The van der Waals surface area contributed by atoms with Crippen LogP contribution in [0.3, 0.4) is 0 Å². The van der Waals surface area contributed by atoms with E-state index in [0.29, 0.717) is 25.0 Å². The van der Waals surface area contributed by atoms with Gasteiger partial charge in [0.25, 0.3) is 5.91 Å². The summed E-state index contributed by atoms with van der Waals surface area (Å²) in [4.78, 5) is 28.1. The minimum Gasteiger partial charge on any atom is -0.334 e. The highest BCUT2D eigenvalue weighted by Crippen LogP contribution is 2.21. The predicted octanol–water partition coefficient (Wildman–Crippen LogP) is 2.82. The number of hydrogen-bond donors (Lipinski definition) is 0. The Labute approximate surface area is 125 Å². The molecule has 1 amide bonds. The Balaban J connectivity index is 1.83. The van der Waals surface area contributed by atoms with Crippen LogP contribution in [0.2, 0.25) is 0 Å². The van der Waals surface area contributed by atoms with E-state index in [1.807, 2.05) is 24.3 Å². The molecule has 0 spiro atoms. The summed E-state index contributed by atoms with van der Waals surface area (Å²) < 4.78 is 1.16. The van der Waals surface area contributed by atoms with Gasteiger partial charge >= 0.3 is 5.97 Å².